The van der Waals surface area contributed by atoms with Crippen LogP contribution in [0.5, 0.6) is 5.75 Å². The minimum atomic E-state index is -4.56. The van der Waals surface area contributed by atoms with Gasteiger partial charge in [0.1, 0.15) is 24.2 Å². The molecule has 216 valence electrons. The predicted molar refractivity (Wildman–Crippen MR) is 139 cm³/mol. The van der Waals surface area contributed by atoms with E-state index in [1.165, 1.54) is 9.58 Å². The van der Waals surface area contributed by atoms with Crippen LogP contribution in [0.1, 0.15) is 59.0 Å². The first-order chi connectivity index (χ1) is 19.5. The molecule has 0 saturated carbocycles. The molecule has 13 heteroatoms. The monoisotopic (exact) mass is 570 g/mol. The number of imide groups is 1. The van der Waals surface area contributed by atoms with Crippen molar-refractivity contribution in [2.45, 2.75) is 65.3 Å². The number of nitrogens with one attached hydrogen (secondary N) is 1. The van der Waals surface area contributed by atoms with E-state index in [0.29, 0.717) is 42.3 Å². The Balaban J connectivity index is 1.18. The highest BCUT2D eigenvalue weighted by molar-refractivity contribution is 6.04. The van der Waals surface area contributed by atoms with Gasteiger partial charge in [-0.15, -0.1) is 5.10 Å². The summed E-state index contributed by atoms with van der Waals surface area (Å²) < 4.78 is 46.2. The number of fused-ring (bicyclic) bond motifs is 2. The molecule has 0 saturated heterocycles. The molecule has 0 aliphatic carbocycles. The highest BCUT2D eigenvalue weighted by atomic mass is 19.4. The fraction of sp³-hybridized carbons (Fsp3) is 0.393. The summed E-state index contributed by atoms with van der Waals surface area (Å²) in [4.78, 5) is 44.1. The van der Waals surface area contributed by atoms with E-state index in [4.69, 9.17) is 4.74 Å². The van der Waals surface area contributed by atoms with Crippen LogP contribution >= 0.6 is 0 Å². The lowest BCUT2D eigenvalue weighted by Gasteiger charge is -2.26. The van der Waals surface area contributed by atoms with Gasteiger partial charge in [0, 0.05) is 30.6 Å². The highest BCUT2D eigenvalue weighted by Crippen LogP contribution is 2.33. The smallest absolute Gasteiger partial charge is 0.453 e. The molecule has 5 rings (SSSR count). The van der Waals surface area contributed by atoms with E-state index < -0.39 is 29.9 Å². The molecule has 1 aromatic heterocycles. The molecule has 2 aliphatic heterocycles. The van der Waals surface area contributed by atoms with Crippen LogP contribution in [0.15, 0.2) is 42.5 Å². The van der Waals surface area contributed by atoms with Crippen molar-refractivity contribution in [2.75, 3.05) is 6.54 Å². The molecule has 0 spiro atoms. The van der Waals surface area contributed by atoms with Crippen molar-refractivity contribution >= 4 is 17.7 Å². The number of ether oxygens (including phenoxy) is 1. The van der Waals surface area contributed by atoms with Crippen molar-refractivity contribution in [2.24, 2.45) is 0 Å². The molecule has 1 atom stereocenters. The topological polar surface area (TPSA) is 110 Å². The lowest BCUT2D eigenvalue weighted by Crippen LogP contribution is -2.46. The zero-order chi connectivity index (χ0) is 29.3. The molecular weight excluding hydrogens is 541 g/mol. The Morgan fingerprint density at radius 3 is 2.51 bits per heavy atom. The largest absolute Gasteiger partial charge is 0.489 e. The van der Waals surface area contributed by atoms with Gasteiger partial charge in [0.05, 0.1) is 19.6 Å². The van der Waals surface area contributed by atoms with Crippen molar-refractivity contribution in [3.8, 4) is 5.75 Å². The van der Waals surface area contributed by atoms with Crippen LogP contribution in [0.2, 0.25) is 0 Å². The number of halogens is 3. The van der Waals surface area contributed by atoms with E-state index in [2.05, 4.69) is 15.4 Å². The van der Waals surface area contributed by atoms with Crippen LogP contribution < -0.4 is 10.1 Å². The Morgan fingerprint density at radius 1 is 1.07 bits per heavy atom. The first-order valence-corrected chi connectivity index (χ1v) is 13.2. The second-order valence-corrected chi connectivity index (χ2v) is 10.0. The van der Waals surface area contributed by atoms with Gasteiger partial charge in [0.2, 0.25) is 11.8 Å². The molecule has 1 unspecified atom stereocenters. The lowest BCUT2D eigenvalue weighted by molar-refractivity contribution is -0.145. The summed E-state index contributed by atoms with van der Waals surface area (Å²) in [5.41, 5.74) is 3.03. The zero-order valence-electron chi connectivity index (χ0n) is 22.6. The predicted octanol–water partition coefficient (Wildman–Crippen LogP) is 3.29. The van der Waals surface area contributed by atoms with Gasteiger partial charge in [0.15, 0.2) is 0 Å². The summed E-state index contributed by atoms with van der Waals surface area (Å²) in [5, 5.41) is 5.87. The fourth-order valence-corrected chi connectivity index (χ4v) is 4.85. The summed E-state index contributed by atoms with van der Waals surface area (Å²) in [6.45, 7) is 5.38. The van der Waals surface area contributed by atoms with Crippen molar-refractivity contribution < 1.29 is 32.3 Å². The number of alkyl halides is 3. The quantitative estimate of drug-likeness (QED) is 0.443. The Bertz CT molecular complexity index is 1470. The number of amides is 3. The Kier molecular flexibility index (Phi) is 7.80. The number of carbonyl (C=O) groups is 3. The summed E-state index contributed by atoms with van der Waals surface area (Å²) in [6, 6.07) is 12.1. The number of benzene rings is 2. The molecule has 0 radical (unpaired) electrons. The van der Waals surface area contributed by atoms with Gasteiger partial charge in [0.25, 0.3) is 11.7 Å². The SMILES string of the molecule is CCC(=O)NC(=O)C(C)N1Cc2c(OCc3ccc(CN4CCn5nc(C(F)(F)F)nc5C4)cc3)cccc2C1=O. The van der Waals surface area contributed by atoms with Crippen LogP contribution in [0, 0.1) is 0 Å². The number of hydrogen-bond acceptors (Lipinski definition) is 7. The normalized spacial score (nSPS) is 15.8. The first-order valence-electron chi connectivity index (χ1n) is 13.2. The molecule has 3 heterocycles. The van der Waals surface area contributed by atoms with Gasteiger partial charge in [-0.1, -0.05) is 37.3 Å². The maximum atomic E-state index is 13.0. The maximum absolute atomic E-state index is 13.0. The van der Waals surface area contributed by atoms with Gasteiger partial charge in [-0.25, -0.2) is 9.67 Å². The number of rotatable bonds is 8. The van der Waals surface area contributed by atoms with Crippen molar-refractivity contribution in [1.29, 1.82) is 0 Å². The molecule has 2 aliphatic rings. The standard InChI is InChI=1S/C28H29F3N6O4/c1-3-24(38)33-25(39)17(2)36-14-21-20(26(36)40)5-4-6-22(21)41-16-19-9-7-18(8-10-19)13-35-11-12-37-23(15-35)32-27(34-37)28(29,30)31/h4-10,17H,3,11-16H2,1-2H3,(H,33,38,39). The molecule has 3 aromatic rings. The van der Waals surface area contributed by atoms with Crippen LogP contribution in [-0.4, -0.2) is 54.9 Å². The van der Waals surface area contributed by atoms with Gasteiger partial charge in [-0.2, -0.15) is 13.2 Å². The van der Waals surface area contributed by atoms with Gasteiger partial charge < -0.3 is 9.64 Å². The number of hydrogen-bond donors (Lipinski definition) is 1. The number of carbonyl (C=O) groups excluding carboxylic acids is 3. The Hall–Kier alpha value is -4.26. The van der Waals surface area contributed by atoms with Crippen LogP contribution in [0.25, 0.3) is 0 Å². The van der Waals surface area contributed by atoms with Crippen molar-refractivity contribution in [1.82, 2.24) is 29.9 Å². The fourth-order valence-electron chi connectivity index (χ4n) is 4.85. The summed E-state index contributed by atoms with van der Waals surface area (Å²) in [7, 11) is 0. The summed E-state index contributed by atoms with van der Waals surface area (Å²) in [5.74, 6) is -1.50. The van der Waals surface area contributed by atoms with E-state index >= 15 is 0 Å². The second kappa shape index (κ2) is 11.3. The number of nitrogens with zero attached hydrogens (tertiary/aromatic N) is 5. The molecule has 1 N–H and O–H groups in total. The Morgan fingerprint density at radius 2 is 1.80 bits per heavy atom. The van der Waals surface area contributed by atoms with Crippen molar-refractivity contribution in [3.63, 3.8) is 0 Å². The Labute approximate surface area is 234 Å². The molecule has 0 fully saturated rings. The van der Waals surface area contributed by atoms with Crippen LogP contribution in [0.4, 0.5) is 13.2 Å². The number of aromatic nitrogens is 3. The summed E-state index contributed by atoms with van der Waals surface area (Å²) >= 11 is 0. The van der Waals surface area contributed by atoms with Crippen molar-refractivity contribution in [3.05, 3.63) is 76.4 Å². The third-order valence-electron chi connectivity index (χ3n) is 7.20. The van der Waals surface area contributed by atoms with E-state index in [9.17, 15) is 27.6 Å². The molecule has 0 bridgehead atoms. The van der Waals surface area contributed by atoms with E-state index in [0.717, 1.165) is 11.1 Å². The third-order valence-corrected chi connectivity index (χ3v) is 7.20. The average molecular weight is 571 g/mol. The molecule has 2 aromatic carbocycles. The molecule has 3 amide bonds. The van der Waals surface area contributed by atoms with Gasteiger partial charge >= 0.3 is 6.18 Å². The average Bonchev–Trinajstić information content (AvgIpc) is 3.53. The zero-order valence-corrected chi connectivity index (χ0v) is 22.6. The third kappa shape index (κ3) is 6.09. The maximum Gasteiger partial charge on any atom is 0.453 e. The minimum Gasteiger partial charge on any atom is -0.489 e. The van der Waals surface area contributed by atoms with Crippen LogP contribution in [0.3, 0.4) is 0 Å². The van der Waals surface area contributed by atoms with E-state index in [1.54, 1.807) is 32.0 Å². The minimum absolute atomic E-state index is 0.167. The lowest BCUT2D eigenvalue weighted by atomic mass is 10.1. The van der Waals surface area contributed by atoms with E-state index in [1.807, 2.05) is 29.2 Å². The summed E-state index contributed by atoms with van der Waals surface area (Å²) in [6.07, 6.45) is -4.40. The highest BCUT2D eigenvalue weighted by Gasteiger charge is 2.38. The first kappa shape index (κ1) is 28.3. The molecular formula is C28H29F3N6O4. The van der Waals surface area contributed by atoms with Crippen LogP contribution in [-0.2, 0) is 48.6 Å². The molecule has 10 nitrogen and oxygen atoms in total. The molecule has 41 heavy (non-hydrogen) atoms. The van der Waals surface area contributed by atoms with E-state index in [-0.39, 0.29) is 32.0 Å². The van der Waals surface area contributed by atoms with Gasteiger partial charge in [-0.3, -0.25) is 24.6 Å². The van der Waals surface area contributed by atoms with Gasteiger partial charge in [-0.05, 0) is 30.2 Å². The second-order valence-electron chi connectivity index (χ2n) is 10.0.